The summed E-state index contributed by atoms with van der Waals surface area (Å²) < 4.78 is 28.4. The summed E-state index contributed by atoms with van der Waals surface area (Å²) in [5.74, 6) is -0.232. The van der Waals surface area contributed by atoms with Crippen molar-refractivity contribution in [3.8, 4) is 11.5 Å². The standard InChI is InChI=1S/C10H7F2NO2/c11-10(12)15-9-5-6(14)4-8-7(9)2-1-3-13-8/h1-5,10,14H. The molecule has 0 radical (unpaired) electrons. The number of aromatic nitrogens is 1. The molecule has 5 heteroatoms. The minimum Gasteiger partial charge on any atom is -0.508 e. The second kappa shape index (κ2) is 3.68. The van der Waals surface area contributed by atoms with Crippen molar-refractivity contribution in [2.45, 2.75) is 6.61 Å². The fraction of sp³-hybridized carbons (Fsp3) is 0.100. The largest absolute Gasteiger partial charge is 0.508 e. The highest BCUT2D eigenvalue weighted by molar-refractivity contribution is 5.86. The zero-order chi connectivity index (χ0) is 10.8. The Hall–Kier alpha value is -1.91. The molecule has 78 valence electrons. The third-order valence-corrected chi connectivity index (χ3v) is 1.88. The lowest BCUT2D eigenvalue weighted by Crippen LogP contribution is -2.02. The van der Waals surface area contributed by atoms with Crippen molar-refractivity contribution in [2.24, 2.45) is 0 Å². The number of benzene rings is 1. The van der Waals surface area contributed by atoms with Crippen molar-refractivity contribution in [1.29, 1.82) is 0 Å². The summed E-state index contributed by atoms with van der Waals surface area (Å²) in [4.78, 5) is 3.93. The molecule has 1 heterocycles. The van der Waals surface area contributed by atoms with Crippen LogP contribution in [0.5, 0.6) is 11.5 Å². The van der Waals surface area contributed by atoms with Gasteiger partial charge in [-0.05, 0) is 12.1 Å². The Labute approximate surface area is 83.9 Å². The molecule has 0 aliphatic heterocycles. The second-order valence-electron chi connectivity index (χ2n) is 2.89. The highest BCUT2D eigenvalue weighted by Gasteiger charge is 2.10. The molecule has 0 bridgehead atoms. The lowest BCUT2D eigenvalue weighted by Gasteiger charge is -2.07. The number of phenolic OH excluding ortho intramolecular Hbond substituents is 1. The molecule has 0 saturated heterocycles. The van der Waals surface area contributed by atoms with Gasteiger partial charge >= 0.3 is 6.61 Å². The van der Waals surface area contributed by atoms with Crippen LogP contribution < -0.4 is 4.74 Å². The molecule has 0 aliphatic rings. The van der Waals surface area contributed by atoms with Crippen LogP contribution in [0.15, 0.2) is 30.5 Å². The van der Waals surface area contributed by atoms with E-state index < -0.39 is 6.61 Å². The van der Waals surface area contributed by atoms with Gasteiger partial charge in [-0.15, -0.1) is 0 Å². The van der Waals surface area contributed by atoms with Crippen LogP contribution in [0, 0.1) is 0 Å². The van der Waals surface area contributed by atoms with Gasteiger partial charge < -0.3 is 9.84 Å². The molecule has 0 spiro atoms. The van der Waals surface area contributed by atoms with Crippen molar-refractivity contribution < 1.29 is 18.6 Å². The van der Waals surface area contributed by atoms with Crippen LogP contribution in [0.3, 0.4) is 0 Å². The first-order chi connectivity index (χ1) is 7.16. The van der Waals surface area contributed by atoms with E-state index in [4.69, 9.17) is 0 Å². The molecule has 0 fully saturated rings. The number of hydrogen-bond donors (Lipinski definition) is 1. The third-order valence-electron chi connectivity index (χ3n) is 1.88. The molecule has 0 saturated carbocycles. The van der Waals surface area contributed by atoms with Crippen LogP contribution in [-0.2, 0) is 0 Å². The molecule has 2 aromatic rings. The van der Waals surface area contributed by atoms with Crippen LogP contribution in [0.2, 0.25) is 0 Å². The van der Waals surface area contributed by atoms with Gasteiger partial charge in [0.1, 0.15) is 11.5 Å². The van der Waals surface area contributed by atoms with Gasteiger partial charge in [0.05, 0.1) is 5.52 Å². The van der Waals surface area contributed by atoms with E-state index in [0.29, 0.717) is 10.9 Å². The van der Waals surface area contributed by atoms with Gasteiger partial charge in [0.15, 0.2) is 0 Å². The highest BCUT2D eigenvalue weighted by Crippen LogP contribution is 2.30. The zero-order valence-corrected chi connectivity index (χ0v) is 7.52. The highest BCUT2D eigenvalue weighted by atomic mass is 19.3. The summed E-state index contributed by atoms with van der Waals surface area (Å²) in [6.07, 6.45) is 1.51. The van der Waals surface area contributed by atoms with Crippen LogP contribution >= 0.6 is 0 Å². The Morgan fingerprint density at radius 1 is 1.33 bits per heavy atom. The molecule has 0 amide bonds. The van der Waals surface area contributed by atoms with Gasteiger partial charge in [-0.2, -0.15) is 8.78 Å². The molecule has 0 unspecified atom stereocenters. The monoisotopic (exact) mass is 211 g/mol. The molecule has 0 atom stereocenters. The fourth-order valence-corrected chi connectivity index (χ4v) is 1.33. The molecule has 1 N–H and O–H groups in total. The molecule has 0 aliphatic carbocycles. The van der Waals surface area contributed by atoms with Crippen LogP contribution in [-0.4, -0.2) is 16.7 Å². The van der Waals surface area contributed by atoms with E-state index in [1.54, 1.807) is 12.1 Å². The lowest BCUT2D eigenvalue weighted by molar-refractivity contribution is -0.0488. The summed E-state index contributed by atoms with van der Waals surface area (Å²) in [6, 6.07) is 5.72. The number of ether oxygens (including phenoxy) is 1. The van der Waals surface area contributed by atoms with Gasteiger partial charge in [-0.1, -0.05) is 0 Å². The summed E-state index contributed by atoms with van der Waals surface area (Å²) in [6.45, 7) is -2.92. The van der Waals surface area contributed by atoms with Crippen molar-refractivity contribution in [3.63, 3.8) is 0 Å². The molecule has 3 nitrogen and oxygen atoms in total. The van der Waals surface area contributed by atoms with Gasteiger partial charge in [0, 0.05) is 23.7 Å². The van der Waals surface area contributed by atoms with Crippen molar-refractivity contribution >= 4 is 10.9 Å². The number of rotatable bonds is 2. The predicted molar refractivity (Wildman–Crippen MR) is 50.0 cm³/mol. The van der Waals surface area contributed by atoms with E-state index in [9.17, 15) is 13.9 Å². The maximum Gasteiger partial charge on any atom is 0.387 e. The normalized spacial score (nSPS) is 10.9. The predicted octanol–water partition coefficient (Wildman–Crippen LogP) is 2.54. The molecular weight excluding hydrogens is 204 g/mol. The van der Waals surface area contributed by atoms with E-state index in [0.717, 1.165) is 6.07 Å². The van der Waals surface area contributed by atoms with E-state index in [2.05, 4.69) is 9.72 Å². The first-order valence-corrected chi connectivity index (χ1v) is 4.19. The number of alkyl halides is 2. The SMILES string of the molecule is Oc1cc(OC(F)F)c2cccnc2c1. The first-order valence-electron chi connectivity index (χ1n) is 4.19. The van der Waals surface area contributed by atoms with Crippen molar-refractivity contribution in [1.82, 2.24) is 4.98 Å². The number of fused-ring (bicyclic) bond motifs is 1. The Bertz CT molecular complexity index is 488. The van der Waals surface area contributed by atoms with Crippen LogP contribution in [0.4, 0.5) is 8.78 Å². The summed E-state index contributed by atoms with van der Waals surface area (Å²) >= 11 is 0. The Kier molecular flexibility index (Phi) is 2.37. The molecule has 2 rings (SSSR count). The van der Waals surface area contributed by atoms with Gasteiger partial charge in [0.25, 0.3) is 0 Å². The first kappa shape index (κ1) is 9.64. The molecular formula is C10H7F2NO2. The lowest BCUT2D eigenvalue weighted by atomic mass is 10.2. The topological polar surface area (TPSA) is 42.4 Å². The van der Waals surface area contributed by atoms with Crippen molar-refractivity contribution in [2.75, 3.05) is 0 Å². The summed E-state index contributed by atoms with van der Waals surface area (Å²) in [5, 5.41) is 9.70. The average Bonchev–Trinajstić information content (AvgIpc) is 2.16. The van der Waals surface area contributed by atoms with E-state index in [1.165, 1.54) is 12.3 Å². The molecule has 1 aromatic heterocycles. The number of halogens is 2. The Morgan fingerprint density at radius 2 is 2.13 bits per heavy atom. The van der Waals surface area contributed by atoms with Gasteiger partial charge in [-0.25, -0.2) is 0 Å². The smallest absolute Gasteiger partial charge is 0.387 e. The maximum atomic E-state index is 12.1. The van der Waals surface area contributed by atoms with E-state index in [1.807, 2.05) is 0 Å². The zero-order valence-electron chi connectivity index (χ0n) is 7.52. The number of aromatic hydroxyl groups is 1. The molecule has 15 heavy (non-hydrogen) atoms. The quantitative estimate of drug-likeness (QED) is 0.829. The Balaban J connectivity index is 2.60. The minimum absolute atomic E-state index is 0.0758. The number of phenols is 1. The second-order valence-corrected chi connectivity index (χ2v) is 2.89. The van der Waals surface area contributed by atoms with Gasteiger partial charge in [0.2, 0.25) is 0 Å². The number of nitrogens with zero attached hydrogens (tertiary/aromatic N) is 1. The van der Waals surface area contributed by atoms with Crippen LogP contribution in [0.1, 0.15) is 0 Å². The van der Waals surface area contributed by atoms with Crippen LogP contribution in [0.25, 0.3) is 10.9 Å². The average molecular weight is 211 g/mol. The fourth-order valence-electron chi connectivity index (χ4n) is 1.33. The minimum atomic E-state index is -2.92. The van der Waals surface area contributed by atoms with E-state index >= 15 is 0 Å². The van der Waals surface area contributed by atoms with Crippen molar-refractivity contribution in [3.05, 3.63) is 30.5 Å². The maximum absolute atomic E-state index is 12.1. The third kappa shape index (κ3) is 1.96. The summed E-state index contributed by atoms with van der Waals surface area (Å²) in [7, 11) is 0. The molecule has 1 aromatic carbocycles. The summed E-state index contributed by atoms with van der Waals surface area (Å²) in [5.41, 5.74) is 0.410. The van der Waals surface area contributed by atoms with Gasteiger partial charge in [-0.3, -0.25) is 4.98 Å². The Morgan fingerprint density at radius 3 is 2.87 bits per heavy atom. The number of hydrogen-bond acceptors (Lipinski definition) is 3. The van der Waals surface area contributed by atoms with E-state index in [-0.39, 0.29) is 11.5 Å². The number of pyridine rings is 1.